The lowest BCUT2D eigenvalue weighted by atomic mass is 10.3. The molecule has 0 aliphatic rings. The SMILES string of the molecule is COC(=O)CSC(=O)Nc1ccc(F)cc1. The largest absolute Gasteiger partial charge is 0.468 e. The Hall–Kier alpha value is -1.56. The number of carbonyl (C=O) groups is 2. The number of thioether (sulfide) groups is 1. The average Bonchev–Trinajstić information content (AvgIpc) is 2.29. The monoisotopic (exact) mass is 243 g/mol. The average molecular weight is 243 g/mol. The molecule has 0 spiro atoms. The van der Waals surface area contributed by atoms with E-state index in [2.05, 4.69) is 10.1 Å². The van der Waals surface area contributed by atoms with E-state index in [0.717, 1.165) is 11.8 Å². The predicted octanol–water partition coefficient (Wildman–Crippen LogP) is 2.26. The summed E-state index contributed by atoms with van der Waals surface area (Å²) >= 11 is 0.790. The number of anilines is 1. The van der Waals surface area contributed by atoms with Gasteiger partial charge in [0.1, 0.15) is 11.6 Å². The third-order valence-electron chi connectivity index (χ3n) is 1.64. The summed E-state index contributed by atoms with van der Waals surface area (Å²) in [6.07, 6.45) is 0. The van der Waals surface area contributed by atoms with E-state index < -0.39 is 11.2 Å². The molecule has 6 heteroatoms. The van der Waals surface area contributed by atoms with Crippen molar-refractivity contribution in [2.45, 2.75) is 0 Å². The van der Waals surface area contributed by atoms with Gasteiger partial charge in [-0.05, 0) is 24.3 Å². The summed E-state index contributed by atoms with van der Waals surface area (Å²) in [5.74, 6) is -0.900. The Kier molecular flexibility index (Phi) is 4.78. The summed E-state index contributed by atoms with van der Waals surface area (Å²) in [7, 11) is 1.25. The van der Waals surface area contributed by atoms with Crippen LogP contribution in [-0.2, 0) is 9.53 Å². The standard InChI is InChI=1S/C10H10FNO3S/c1-15-9(13)6-16-10(14)12-8-4-2-7(11)3-5-8/h2-5H,6H2,1H3,(H,12,14). The minimum Gasteiger partial charge on any atom is -0.468 e. The summed E-state index contributed by atoms with van der Waals surface area (Å²) in [4.78, 5) is 22.0. The lowest BCUT2D eigenvalue weighted by molar-refractivity contribution is -0.137. The number of rotatable bonds is 3. The van der Waals surface area contributed by atoms with Crippen LogP contribution in [0.4, 0.5) is 14.9 Å². The number of nitrogens with one attached hydrogen (secondary N) is 1. The lowest BCUT2D eigenvalue weighted by Crippen LogP contribution is -2.10. The van der Waals surface area contributed by atoms with Crippen molar-refractivity contribution in [2.75, 3.05) is 18.2 Å². The molecule has 0 aromatic heterocycles. The molecule has 0 radical (unpaired) electrons. The first kappa shape index (κ1) is 12.5. The Morgan fingerprint density at radius 3 is 2.56 bits per heavy atom. The first-order chi connectivity index (χ1) is 7.61. The van der Waals surface area contributed by atoms with E-state index in [9.17, 15) is 14.0 Å². The molecule has 0 unspecified atom stereocenters. The second-order valence-corrected chi connectivity index (χ2v) is 3.73. The van der Waals surface area contributed by atoms with E-state index in [1.165, 1.54) is 31.4 Å². The van der Waals surface area contributed by atoms with Gasteiger partial charge in [0.05, 0.1) is 7.11 Å². The first-order valence-electron chi connectivity index (χ1n) is 4.38. The Balaban J connectivity index is 2.40. The quantitative estimate of drug-likeness (QED) is 0.827. The van der Waals surface area contributed by atoms with Gasteiger partial charge in [-0.3, -0.25) is 9.59 Å². The fourth-order valence-electron chi connectivity index (χ4n) is 0.871. The zero-order valence-electron chi connectivity index (χ0n) is 8.53. The molecule has 0 atom stereocenters. The topological polar surface area (TPSA) is 55.4 Å². The van der Waals surface area contributed by atoms with Gasteiger partial charge in [0.2, 0.25) is 0 Å². The molecule has 0 saturated heterocycles. The minimum atomic E-state index is -0.473. The maximum Gasteiger partial charge on any atom is 0.316 e. The molecule has 1 amide bonds. The van der Waals surface area contributed by atoms with Gasteiger partial charge in [-0.2, -0.15) is 0 Å². The molecule has 1 rings (SSSR count). The number of ether oxygens (including phenoxy) is 1. The van der Waals surface area contributed by atoms with Gasteiger partial charge < -0.3 is 10.1 Å². The summed E-state index contributed by atoms with van der Waals surface area (Å²) < 4.78 is 16.9. The van der Waals surface area contributed by atoms with Crippen LogP contribution in [0.5, 0.6) is 0 Å². The molecule has 16 heavy (non-hydrogen) atoms. The molecule has 0 aliphatic heterocycles. The van der Waals surface area contributed by atoms with E-state index in [-0.39, 0.29) is 11.6 Å². The third kappa shape index (κ3) is 4.31. The smallest absolute Gasteiger partial charge is 0.316 e. The van der Waals surface area contributed by atoms with E-state index in [0.29, 0.717) is 5.69 Å². The third-order valence-corrected chi connectivity index (χ3v) is 2.38. The Morgan fingerprint density at radius 1 is 1.38 bits per heavy atom. The Morgan fingerprint density at radius 2 is 2.00 bits per heavy atom. The summed E-state index contributed by atoms with van der Waals surface area (Å²) in [5.41, 5.74) is 0.476. The maximum atomic E-state index is 12.5. The number of hydrogen-bond donors (Lipinski definition) is 1. The van der Waals surface area contributed by atoms with Crippen molar-refractivity contribution >= 4 is 28.7 Å². The first-order valence-corrected chi connectivity index (χ1v) is 5.36. The normalized spacial score (nSPS) is 9.62. The van der Waals surface area contributed by atoms with E-state index in [1.807, 2.05) is 0 Å². The maximum absolute atomic E-state index is 12.5. The number of benzene rings is 1. The molecule has 1 aromatic rings. The van der Waals surface area contributed by atoms with Crippen LogP contribution in [0.15, 0.2) is 24.3 Å². The zero-order chi connectivity index (χ0) is 12.0. The highest BCUT2D eigenvalue weighted by Crippen LogP contribution is 2.12. The van der Waals surface area contributed by atoms with Crippen molar-refractivity contribution in [3.8, 4) is 0 Å². The summed E-state index contributed by atoms with van der Waals surface area (Å²) in [6, 6.07) is 5.35. The van der Waals surface area contributed by atoms with Crippen LogP contribution in [0.25, 0.3) is 0 Å². The second-order valence-electron chi connectivity index (χ2n) is 2.78. The molecular formula is C10H10FNO3S. The lowest BCUT2D eigenvalue weighted by Gasteiger charge is -2.03. The van der Waals surface area contributed by atoms with Gasteiger partial charge in [-0.25, -0.2) is 4.39 Å². The highest BCUT2D eigenvalue weighted by molar-refractivity contribution is 8.14. The van der Waals surface area contributed by atoms with Crippen molar-refractivity contribution in [2.24, 2.45) is 0 Å². The highest BCUT2D eigenvalue weighted by Gasteiger charge is 2.07. The van der Waals surface area contributed by atoms with Gasteiger partial charge in [-0.1, -0.05) is 11.8 Å². The van der Waals surface area contributed by atoms with Gasteiger partial charge in [0.25, 0.3) is 5.24 Å². The van der Waals surface area contributed by atoms with Crippen LogP contribution < -0.4 is 5.32 Å². The fourth-order valence-corrected chi connectivity index (χ4v) is 1.43. The Labute approximate surface area is 96.2 Å². The molecule has 86 valence electrons. The number of esters is 1. The fraction of sp³-hybridized carbons (Fsp3) is 0.200. The van der Waals surface area contributed by atoms with Crippen LogP contribution in [0, 0.1) is 5.82 Å². The molecule has 4 nitrogen and oxygen atoms in total. The number of carbonyl (C=O) groups excluding carboxylic acids is 2. The number of amides is 1. The van der Waals surface area contributed by atoms with Gasteiger partial charge in [0.15, 0.2) is 0 Å². The van der Waals surface area contributed by atoms with Gasteiger partial charge in [-0.15, -0.1) is 0 Å². The van der Waals surface area contributed by atoms with Crippen molar-refractivity contribution in [3.05, 3.63) is 30.1 Å². The number of halogens is 1. The molecule has 0 heterocycles. The molecule has 0 bridgehead atoms. The van der Waals surface area contributed by atoms with Crippen LogP contribution in [0.3, 0.4) is 0 Å². The van der Waals surface area contributed by atoms with Crippen LogP contribution in [0.1, 0.15) is 0 Å². The Bertz CT molecular complexity index is 380. The van der Waals surface area contributed by atoms with Gasteiger partial charge >= 0.3 is 5.97 Å². The van der Waals surface area contributed by atoms with Crippen molar-refractivity contribution in [1.29, 1.82) is 0 Å². The molecular weight excluding hydrogens is 233 g/mol. The predicted molar refractivity (Wildman–Crippen MR) is 59.9 cm³/mol. The molecule has 0 fully saturated rings. The molecule has 1 N–H and O–H groups in total. The zero-order valence-corrected chi connectivity index (χ0v) is 9.34. The molecule has 0 aliphatic carbocycles. The van der Waals surface area contributed by atoms with Gasteiger partial charge in [0, 0.05) is 5.69 Å². The summed E-state index contributed by atoms with van der Waals surface area (Å²) in [6.45, 7) is 0. The minimum absolute atomic E-state index is 0.0521. The highest BCUT2D eigenvalue weighted by atomic mass is 32.2. The second kappa shape index (κ2) is 6.12. The number of methoxy groups -OCH3 is 1. The molecule has 1 aromatic carbocycles. The van der Waals surface area contributed by atoms with E-state index in [4.69, 9.17) is 0 Å². The summed E-state index contributed by atoms with van der Waals surface area (Å²) in [5, 5.41) is 2.11. The number of hydrogen-bond acceptors (Lipinski definition) is 4. The molecule has 0 saturated carbocycles. The van der Waals surface area contributed by atoms with Crippen molar-refractivity contribution in [1.82, 2.24) is 0 Å². The van der Waals surface area contributed by atoms with Crippen LogP contribution in [-0.4, -0.2) is 24.1 Å². The van der Waals surface area contributed by atoms with E-state index in [1.54, 1.807) is 0 Å². The van der Waals surface area contributed by atoms with Crippen LogP contribution >= 0.6 is 11.8 Å². The van der Waals surface area contributed by atoms with Crippen molar-refractivity contribution in [3.63, 3.8) is 0 Å². The van der Waals surface area contributed by atoms with E-state index >= 15 is 0 Å². The van der Waals surface area contributed by atoms with Crippen molar-refractivity contribution < 1.29 is 18.7 Å². The van der Waals surface area contributed by atoms with Crippen LogP contribution in [0.2, 0.25) is 0 Å².